The third kappa shape index (κ3) is 5.38. The quantitative estimate of drug-likeness (QED) is 0.339. The van der Waals surface area contributed by atoms with Crippen LogP contribution >= 0.6 is 0 Å². The van der Waals surface area contributed by atoms with E-state index in [1.165, 1.54) is 18.3 Å². The van der Waals surface area contributed by atoms with Gasteiger partial charge in [0.2, 0.25) is 5.95 Å². The number of carbonyl (C=O) groups is 1. The molecule has 0 saturated carbocycles. The third-order valence-electron chi connectivity index (χ3n) is 5.18. The molecule has 0 saturated heterocycles. The van der Waals surface area contributed by atoms with Gasteiger partial charge in [0.25, 0.3) is 0 Å². The molecule has 0 radical (unpaired) electrons. The molecule has 0 spiro atoms. The lowest BCUT2D eigenvalue weighted by molar-refractivity contribution is 0.0889. The molecule has 1 aromatic carbocycles. The third-order valence-corrected chi connectivity index (χ3v) is 5.18. The van der Waals surface area contributed by atoms with Crippen LogP contribution in [0.15, 0.2) is 49.1 Å². The van der Waals surface area contributed by atoms with E-state index < -0.39 is 11.8 Å². The van der Waals surface area contributed by atoms with Crippen LogP contribution in [0.1, 0.15) is 49.2 Å². The largest absolute Gasteiger partial charge is 0.340 e. The predicted octanol–water partition coefficient (Wildman–Crippen LogP) is 5.63. The lowest BCUT2D eigenvalue weighted by Gasteiger charge is -2.17. The molecule has 30 heavy (non-hydrogen) atoms. The van der Waals surface area contributed by atoms with Gasteiger partial charge in [-0.2, -0.15) is 4.39 Å². The maximum atomic E-state index is 14.3. The van der Waals surface area contributed by atoms with Crippen molar-refractivity contribution in [2.75, 3.05) is 0 Å². The first-order valence-corrected chi connectivity index (χ1v) is 10.3. The summed E-state index contributed by atoms with van der Waals surface area (Å²) < 4.78 is 30.0. The van der Waals surface area contributed by atoms with Crippen LogP contribution in [0, 0.1) is 23.6 Å². The summed E-state index contributed by atoms with van der Waals surface area (Å²) in [5.74, 6) is -0.800. The summed E-state index contributed by atoms with van der Waals surface area (Å²) in [4.78, 5) is 20.7. The average molecular weight is 411 g/mol. The SMILES string of the molecule is CC(C)CC(CCCc1ccc(F)c(-c2cccnc2F)c1)C(=O)c1cn(C)cn1. The van der Waals surface area contributed by atoms with Crippen LogP contribution in [0.3, 0.4) is 0 Å². The monoisotopic (exact) mass is 411 g/mol. The maximum Gasteiger partial charge on any atom is 0.220 e. The highest BCUT2D eigenvalue weighted by molar-refractivity contribution is 5.95. The Bertz CT molecular complexity index is 1010. The smallest absolute Gasteiger partial charge is 0.220 e. The number of hydrogen-bond donors (Lipinski definition) is 0. The number of benzene rings is 1. The number of nitrogens with zero attached hydrogens (tertiary/aromatic N) is 3. The summed E-state index contributed by atoms with van der Waals surface area (Å²) >= 11 is 0. The van der Waals surface area contributed by atoms with Gasteiger partial charge in [-0.3, -0.25) is 4.79 Å². The summed E-state index contributed by atoms with van der Waals surface area (Å²) in [6.07, 6.45) is 7.71. The number of hydrogen-bond acceptors (Lipinski definition) is 3. The van der Waals surface area contributed by atoms with Crippen LogP contribution in [0.2, 0.25) is 0 Å². The van der Waals surface area contributed by atoms with Crippen LogP contribution in [-0.2, 0) is 13.5 Å². The summed E-state index contributed by atoms with van der Waals surface area (Å²) in [5, 5.41) is 0. The van der Waals surface area contributed by atoms with Crippen LogP contribution in [0.25, 0.3) is 11.1 Å². The van der Waals surface area contributed by atoms with Crippen molar-refractivity contribution in [2.45, 2.75) is 39.5 Å². The maximum absolute atomic E-state index is 14.3. The second-order valence-corrected chi connectivity index (χ2v) is 8.16. The van der Waals surface area contributed by atoms with Gasteiger partial charge in [0, 0.05) is 36.5 Å². The molecule has 1 unspecified atom stereocenters. The Labute approximate surface area is 176 Å². The molecule has 0 aliphatic carbocycles. The first-order chi connectivity index (χ1) is 14.3. The van der Waals surface area contributed by atoms with E-state index in [1.54, 1.807) is 35.3 Å². The number of pyridine rings is 1. The second kappa shape index (κ2) is 9.74. The van der Waals surface area contributed by atoms with E-state index in [0.717, 1.165) is 24.8 Å². The van der Waals surface area contributed by atoms with Crippen LogP contribution in [0.4, 0.5) is 8.78 Å². The van der Waals surface area contributed by atoms with Crippen molar-refractivity contribution in [1.29, 1.82) is 0 Å². The van der Waals surface area contributed by atoms with Crippen molar-refractivity contribution in [3.8, 4) is 11.1 Å². The fourth-order valence-electron chi connectivity index (χ4n) is 3.75. The van der Waals surface area contributed by atoms with E-state index in [4.69, 9.17) is 0 Å². The molecule has 4 nitrogen and oxygen atoms in total. The summed E-state index contributed by atoms with van der Waals surface area (Å²) in [6.45, 7) is 4.21. The molecule has 158 valence electrons. The number of aromatic nitrogens is 3. The number of ketones is 1. The zero-order valence-electron chi connectivity index (χ0n) is 17.6. The summed E-state index contributed by atoms with van der Waals surface area (Å²) in [7, 11) is 1.85. The van der Waals surface area contributed by atoms with E-state index in [2.05, 4.69) is 23.8 Å². The van der Waals surface area contributed by atoms with Gasteiger partial charge in [-0.1, -0.05) is 19.9 Å². The molecule has 0 aliphatic rings. The molecule has 0 aliphatic heterocycles. The lowest BCUT2D eigenvalue weighted by atomic mass is 9.87. The summed E-state index contributed by atoms with van der Waals surface area (Å²) in [6, 6.07) is 7.86. The predicted molar refractivity (Wildman–Crippen MR) is 113 cm³/mol. The topological polar surface area (TPSA) is 47.8 Å². The normalized spacial score (nSPS) is 12.3. The van der Waals surface area contributed by atoms with E-state index in [-0.39, 0.29) is 22.8 Å². The molecule has 3 rings (SSSR count). The highest BCUT2D eigenvalue weighted by Crippen LogP contribution is 2.27. The zero-order valence-corrected chi connectivity index (χ0v) is 17.6. The number of halogens is 2. The van der Waals surface area contributed by atoms with Gasteiger partial charge in [0.15, 0.2) is 5.78 Å². The highest BCUT2D eigenvalue weighted by atomic mass is 19.1. The molecule has 0 fully saturated rings. The van der Waals surface area contributed by atoms with Gasteiger partial charge >= 0.3 is 0 Å². The Morgan fingerprint density at radius 3 is 2.60 bits per heavy atom. The Kier molecular flexibility index (Phi) is 7.08. The molecule has 1 atom stereocenters. The van der Waals surface area contributed by atoms with Crippen molar-refractivity contribution in [2.24, 2.45) is 18.9 Å². The zero-order chi connectivity index (χ0) is 21.7. The minimum Gasteiger partial charge on any atom is -0.340 e. The van der Waals surface area contributed by atoms with E-state index in [0.29, 0.717) is 18.0 Å². The molecule has 0 bridgehead atoms. The minimum absolute atomic E-state index is 0.0709. The number of rotatable bonds is 9. The minimum atomic E-state index is -0.688. The van der Waals surface area contributed by atoms with E-state index in [9.17, 15) is 13.6 Å². The Morgan fingerprint density at radius 2 is 1.93 bits per heavy atom. The first kappa shape index (κ1) is 21.8. The number of aryl methyl sites for hydroxylation is 2. The van der Waals surface area contributed by atoms with Crippen molar-refractivity contribution >= 4 is 5.78 Å². The fourth-order valence-corrected chi connectivity index (χ4v) is 3.75. The van der Waals surface area contributed by atoms with Crippen molar-refractivity contribution in [3.05, 3.63) is 72.1 Å². The Balaban J connectivity index is 1.70. The molecule has 0 amide bonds. The molecule has 0 N–H and O–H groups in total. The van der Waals surface area contributed by atoms with E-state index >= 15 is 0 Å². The molecular formula is C24H27F2N3O. The van der Waals surface area contributed by atoms with Gasteiger partial charge in [-0.05, 0) is 61.4 Å². The standard InChI is InChI=1S/C24H27F2N3O/c1-16(2)12-18(23(30)22-14-29(3)15-28-22)7-4-6-17-9-10-21(25)20(13-17)19-8-5-11-27-24(19)26/h5,8-11,13-16,18H,4,6-7,12H2,1-3H3. The van der Waals surface area contributed by atoms with Gasteiger partial charge in [-0.15, -0.1) is 0 Å². The van der Waals surface area contributed by atoms with Crippen LogP contribution in [0.5, 0.6) is 0 Å². The van der Waals surface area contributed by atoms with Gasteiger partial charge in [0.05, 0.1) is 6.33 Å². The second-order valence-electron chi connectivity index (χ2n) is 8.16. The lowest BCUT2D eigenvalue weighted by Crippen LogP contribution is -2.18. The Morgan fingerprint density at radius 1 is 1.13 bits per heavy atom. The Hall–Kier alpha value is -2.89. The number of carbonyl (C=O) groups excluding carboxylic acids is 1. The molecule has 2 aromatic heterocycles. The van der Waals surface area contributed by atoms with Crippen molar-refractivity contribution < 1.29 is 13.6 Å². The summed E-state index contributed by atoms with van der Waals surface area (Å²) in [5.41, 5.74) is 1.77. The molecule has 2 heterocycles. The van der Waals surface area contributed by atoms with E-state index in [1.807, 2.05) is 7.05 Å². The van der Waals surface area contributed by atoms with Crippen molar-refractivity contribution in [3.63, 3.8) is 0 Å². The molecular weight excluding hydrogens is 384 g/mol. The fraction of sp³-hybridized carbons (Fsp3) is 0.375. The molecule has 6 heteroatoms. The van der Waals surface area contributed by atoms with Gasteiger partial charge in [-0.25, -0.2) is 14.4 Å². The van der Waals surface area contributed by atoms with Gasteiger partial charge < -0.3 is 4.57 Å². The van der Waals surface area contributed by atoms with Gasteiger partial charge in [0.1, 0.15) is 11.5 Å². The van der Waals surface area contributed by atoms with Crippen molar-refractivity contribution in [1.82, 2.24) is 14.5 Å². The average Bonchev–Trinajstić information content (AvgIpc) is 3.14. The highest BCUT2D eigenvalue weighted by Gasteiger charge is 2.23. The molecule has 3 aromatic rings. The van der Waals surface area contributed by atoms with Crippen LogP contribution < -0.4 is 0 Å². The number of imidazole rings is 1. The van der Waals surface area contributed by atoms with Crippen LogP contribution in [-0.4, -0.2) is 20.3 Å². The first-order valence-electron chi connectivity index (χ1n) is 10.3. The number of Topliss-reactive ketones (excluding diaryl/α,β-unsaturated/α-hetero) is 1.